The maximum absolute atomic E-state index is 5.28. The standard InChI is InChI=1S/C38H23N3/c1-2-11-25(12-3-1)36-33-15-6-8-16-34(33)39-38(40-36)41-35-17-9-7-14-30(35)32-23-21-29-28-19-18-24-10-4-5-13-26(24)27(28)20-22-31(29)37(32)41/h1-23H. The van der Waals surface area contributed by atoms with Gasteiger partial charge in [-0.05, 0) is 39.1 Å². The van der Waals surface area contributed by atoms with Crippen molar-refractivity contribution in [3.63, 3.8) is 0 Å². The van der Waals surface area contributed by atoms with Crippen molar-refractivity contribution in [1.29, 1.82) is 0 Å². The Labute approximate surface area is 235 Å². The fraction of sp³-hybridized carbons (Fsp3) is 0. The van der Waals surface area contributed by atoms with Crippen LogP contribution in [0.4, 0.5) is 0 Å². The van der Waals surface area contributed by atoms with Gasteiger partial charge in [0.25, 0.3) is 0 Å². The predicted octanol–water partition coefficient (Wildman–Crippen LogP) is 9.85. The number of benzene rings is 7. The zero-order valence-electron chi connectivity index (χ0n) is 22.1. The normalized spacial score (nSPS) is 11.9. The van der Waals surface area contributed by atoms with Crippen molar-refractivity contribution in [3.8, 4) is 17.2 Å². The first-order valence-corrected chi connectivity index (χ1v) is 13.9. The summed E-state index contributed by atoms with van der Waals surface area (Å²) >= 11 is 0. The van der Waals surface area contributed by atoms with E-state index in [0.29, 0.717) is 5.95 Å². The van der Waals surface area contributed by atoms with E-state index in [9.17, 15) is 0 Å². The average molecular weight is 522 g/mol. The van der Waals surface area contributed by atoms with Crippen LogP contribution in [0.25, 0.3) is 82.2 Å². The van der Waals surface area contributed by atoms with Crippen LogP contribution in [0.1, 0.15) is 0 Å². The molecule has 9 rings (SSSR count). The summed E-state index contributed by atoms with van der Waals surface area (Å²) in [4.78, 5) is 10.4. The van der Waals surface area contributed by atoms with E-state index in [4.69, 9.17) is 9.97 Å². The van der Waals surface area contributed by atoms with Crippen LogP contribution in [0, 0.1) is 0 Å². The average Bonchev–Trinajstić information content (AvgIpc) is 3.39. The fourth-order valence-corrected chi connectivity index (χ4v) is 6.55. The highest BCUT2D eigenvalue weighted by Crippen LogP contribution is 2.40. The van der Waals surface area contributed by atoms with Crippen LogP contribution in [0.3, 0.4) is 0 Å². The summed E-state index contributed by atoms with van der Waals surface area (Å²) in [7, 11) is 0. The van der Waals surface area contributed by atoms with E-state index in [-0.39, 0.29) is 0 Å². The predicted molar refractivity (Wildman–Crippen MR) is 172 cm³/mol. The minimum absolute atomic E-state index is 0.680. The zero-order chi connectivity index (χ0) is 26.9. The quantitative estimate of drug-likeness (QED) is 0.212. The molecular formula is C38H23N3. The molecular weight excluding hydrogens is 498 g/mol. The molecule has 0 radical (unpaired) electrons. The lowest BCUT2D eigenvalue weighted by Gasteiger charge is -2.13. The first-order chi connectivity index (χ1) is 20.3. The van der Waals surface area contributed by atoms with Gasteiger partial charge < -0.3 is 0 Å². The minimum atomic E-state index is 0.680. The van der Waals surface area contributed by atoms with E-state index in [2.05, 4.69) is 132 Å². The Balaban J connectivity index is 1.44. The van der Waals surface area contributed by atoms with Crippen LogP contribution in [0.5, 0.6) is 0 Å². The molecule has 3 heteroatoms. The van der Waals surface area contributed by atoms with Crippen molar-refractivity contribution in [2.45, 2.75) is 0 Å². The molecule has 2 heterocycles. The zero-order valence-corrected chi connectivity index (χ0v) is 22.1. The smallest absolute Gasteiger partial charge is 0.235 e. The van der Waals surface area contributed by atoms with Crippen molar-refractivity contribution in [2.75, 3.05) is 0 Å². The minimum Gasteiger partial charge on any atom is -0.277 e. The van der Waals surface area contributed by atoms with Crippen LogP contribution in [-0.4, -0.2) is 14.5 Å². The number of rotatable bonds is 2. The van der Waals surface area contributed by atoms with Crippen LogP contribution in [-0.2, 0) is 0 Å². The molecule has 0 amide bonds. The van der Waals surface area contributed by atoms with Gasteiger partial charge >= 0.3 is 0 Å². The second-order valence-corrected chi connectivity index (χ2v) is 10.6. The highest BCUT2D eigenvalue weighted by atomic mass is 15.2. The second kappa shape index (κ2) is 8.48. The molecule has 9 aromatic rings. The molecule has 0 spiro atoms. The number of fused-ring (bicyclic) bond motifs is 10. The lowest BCUT2D eigenvalue weighted by Crippen LogP contribution is -2.03. The largest absolute Gasteiger partial charge is 0.277 e. The van der Waals surface area contributed by atoms with Gasteiger partial charge in [0.1, 0.15) is 0 Å². The molecule has 0 bridgehead atoms. The highest BCUT2D eigenvalue weighted by molar-refractivity contribution is 6.25. The van der Waals surface area contributed by atoms with E-state index in [1.54, 1.807) is 0 Å². The SMILES string of the molecule is c1ccc(-c2nc(-n3c4ccccc4c4ccc5c6ccc7ccccc7c6ccc5c43)nc3ccccc23)cc1. The lowest BCUT2D eigenvalue weighted by molar-refractivity contribution is 1.02. The summed E-state index contributed by atoms with van der Waals surface area (Å²) in [5.41, 5.74) is 5.18. The Morgan fingerprint density at radius 2 is 0.976 bits per heavy atom. The maximum Gasteiger partial charge on any atom is 0.235 e. The van der Waals surface area contributed by atoms with Gasteiger partial charge in [-0.1, -0.05) is 127 Å². The molecule has 0 fully saturated rings. The van der Waals surface area contributed by atoms with Gasteiger partial charge in [-0.3, -0.25) is 4.57 Å². The molecule has 41 heavy (non-hydrogen) atoms. The van der Waals surface area contributed by atoms with Crippen molar-refractivity contribution in [2.24, 2.45) is 0 Å². The topological polar surface area (TPSA) is 30.7 Å². The number of aromatic nitrogens is 3. The van der Waals surface area contributed by atoms with Crippen LogP contribution in [0.2, 0.25) is 0 Å². The maximum atomic E-state index is 5.28. The van der Waals surface area contributed by atoms with Gasteiger partial charge in [0.15, 0.2) is 0 Å². The van der Waals surface area contributed by atoms with E-state index in [1.807, 2.05) is 12.1 Å². The van der Waals surface area contributed by atoms with Gasteiger partial charge in [0.2, 0.25) is 5.95 Å². The lowest BCUT2D eigenvalue weighted by atomic mass is 9.96. The summed E-state index contributed by atoms with van der Waals surface area (Å²) in [5.74, 6) is 0.680. The molecule has 0 aliphatic carbocycles. The summed E-state index contributed by atoms with van der Waals surface area (Å²) in [5, 5.41) is 10.9. The summed E-state index contributed by atoms with van der Waals surface area (Å²) in [6.07, 6.45) is 0. The van der Waals surface area contributed by atoms with Gasteiger partial charge in [0, 0.05) is 27.1 Å². The van der Waals surface area contributed by atoms with Crippen molar-refractivity contribution in [3.05, 3.63) is 140 Å². The number of hydrogen-bond donors (Lipinski definition) is 0. The summed E-state index contributed by atoms with van der Waals surface area (Å²) in [6, 6.07) is 49.5. The second-order valence-electron chi connectivity index (χ2n) is 10.6. The molecule has 0 unspecified atom stereocenters. The first kappa shape index (κ1) is 22.3. The Morgan fingerprint density at radius 1 is 0.390 bits per heavy atom. The third kappa shape index (κ3) is 3.20. The number of hydrogen-bond acceptors (Lipinski definition) is 2. The van der Waals surface area contributed by atoms with Crippen LogP contribution >= 0.6 is 0 Å². The van der Waals surface area contributed by atoms with Gasteiger partial charge in [0.05, 0.1) is 22.2 Å². The van der Waals surface area contributed by atoms with Gasteiger partial charge in [-0.15, -0.1) is 0 Å². The van der Waals surface area contributed by atoms with Gasteiger partial charge in [-0.25, -0.2) is 9.97 Å². The van der Waals surface area contributed by atoms with Crippen molar-refractivity contribution in [1.82, 2.24) is 14.5 Å². The molecule has 190 valence electrons. The molecule has 0 saturated heterocycles. The first-order valence-electron chi connectivity index (χ1n) is 13.9. The molecule has 0 aliphatic rings. The highest BCUT2D eigenvalue weighted by Gasteiger charge is 2.19. The Morgan fingerprint density at radius 3 is 1.83 bits per heavy atom. The summed E-state index contributed by atoms with van der Waals surface area (Å²) < 4.78 is 2.26. The molecule has 0 atom stereocenters. The Hall–Kier alpha value is -5.54. The van der Waals surface area contributed by atoms with E-state index in [0.717, 1.165) is 33.2 Å². The third-order valence-corrected chi connectivity index (χ3v) is 8.39. The van der Waals surface area contributed by atoms with Crippen LogP contribution < -0.4 is 0 Å². The molecule has 0 saturated carbocycles. The Bertz CT molecular complexity index is 2470. The van der Waals surface area contributed by atoms with Gasteiger partial charge in [-0.2, -0.15) is 0 Å². The molecule has 2 aromatic heterocycles. The molecule has 3 nitrogen and oxygen atoms in total. The molecule has 7 aromatic carbocycles. The number of para-hydroxylation sites is 2. The van der Waals surface area contributed by atoms with E-state index in [1.165, 1.54) is 43.1 Å². The van der Waals surface area contributed by atoms with Crippen molar-refractivity contribution >= 4 is 65.0 Å². The Kier molecular flexibility index (Phi) is 4.61. The third-order valence-electron chi connectivity index (χ3n) is 8.39. The molecule has 0 N–H and O–H groups in total. The fourth-order valence-electron chi connectivity index (χ4n) is 6.55. The van der Waals surface area contributed by atoms with E-state index < -0.39 is 0 Å². The monoisotopic (exact) mass is 521 g/mol. The van der Waals surface area contributed by atoms with E-state index >= 15 is 0 Å². The van der Waals surface area contributed by atoms with Crippen molar-refractivity contribution < 1.29 is 0 Å². The van der Waals surface area contributed by atoms with Crippen LogP contribution in [0.15, 0.2) is 140 Å². The number of nitrogens with zero attached hydrogens (tertiary/aromatic N) is 3. The summed E-state index contributed by atoms with van der Waals surface area (Å²) in [6.45, 7) is 0. The molecule has 0 aliphatic heterocycles.